The molecule has 0 unspecified atom stereocenters. The summed E-state index contributed by atoms with van der Waals surface area (Å²) < 4.78 is 28.8. The fourth-order valence-corrected chi connectivity index (χ4v) is 5.09. The van der Waals surface area contributed by atoms with Gasteiger partial charge in [-0.15, -0.1) is 0 Å². The molecule has 1 aromatic carbocycles. The highest BCUT2D eigenvalue weighted by molar-refractivity contribution is 7.89. The average molecular weight is 445 g/mol. The van der Waals surface area contributed by atoms with Gasteiger partial charge in [0.25, 0.3) is 0 Å². The van der Waals surface area contributed by atoms with E-state index in [9.17, 15) is 13.2 Å². The molecule has 0 aromatic heterocycles. The monoisotopic (exact) mass is 443 g/mol. The third-order valence-electron chi connectivity index (χ3n) is 4.21. The predicted octanol–water partition coefficient (Wildman–Crippen LogP) is 2.90. The van der Waals surface area contributed by atoms with Crippen LogP contribution in [0.5, 0.6) is 0 Å². The Labute approximate surface area is 165 Å². The summed E-state index contributed by atoms with van der Waals surface area (Å²) in [6.07, 6.45) is 1.89. The molecule has 0 aliphatic carbocycles. The normalized spacial score (nSPS) is 29.8. The number of alkyl halides is 4. The fraction of sp³-hybridized carbons (Fsp3) is 0.400. The molecule has 1 saturated heterocycles. The SMILES string of the molecule is Cc1ccc(S(=O)(=O)NC[C@]23C=C[C@H](O2)C(Cl)(Cl)C(=O)C3(Cl)Cl)cc1. The molecule has 25 heavy (non-hydrogen) atoms. The minimum Gasteiger partial charge on any atom is -0.355 e. The Morgan fingerprint density at radius 2 is 1.76 bits per heavy atom. The summed E-state index contributed by atoms with van der Waals surface area (Å²) in [5.41, 5.74) is -0.690. The number of nitrogens with one attached hydrogen (secondary N) is 1. The molecule has 10 heteroatoms. The summed E-state index contributed by atoms with van der Waals surface area (Å²) in [6, 6.07) is 6.27. The van der Waals surface area contributed by atoms with E-state index < -0.39 is 36.2 Å². The number of Topliss-reactive ketones (excluding diaryl/α,β-unsaturated/α-hetero) is 1. The van der Waals surface area contributed by atoms with Gasteiger partial charge >= 0.3 is 0 Å². The molecule has 2 bridgehead atoms. The van der Waals surface area contributed by atoms with Crippen molar-refractivity contribution < 1.29 is 17.9 Å². The second-order valence-electron chi connectivity index (χ2n) is 5.95. The van der Waals surface area contributed by atoms with Crippen LogP contribution < -0.4 is 4.72 Å². The molecule has 2 aliphatic rings. The highest BCUT2D eigenvalue weighted by atomic mass is 35.5. The Hall–Kier alpha value is -0.340. The maximum atomic E-state index is 12.5. The largest absolute Gasteiger partial charge is 0.355 e. The number of ether oxygens (including phenoxy) is 1. The topological polar surface area (TPSA) is 72.5 Å². The molecule has 5 nitrogen and oxygen atoms in total. The van der Waals surface area contributed by atoms with E-state index in [1.54, 1.807) is 12.1 Å². The van der Waals surface area contributed by atoms with Crippen molar-refractivity contribution in [2.45, 2.75) is 32.2 Å². The maximum absolute atomic E-state index is 12.5. The Morgan fingerprint density at radius 3 is 2.36 bits per heavy atom. The van der Waals surface area contributed by atoms with Crippen molar-refractivity contribution in [1.82, 2.24) is 4.72 Å². The number of hydrogen-bond donors (Lipinski definition) is 1. The summed E-state index contributed by atoms with van der Waals surface area (Å²) in [6.45, 7) is 1.48. The first-order valence-corrected chi connectivity index (χ1v) is 10.2. The van der Waals surface area contributed by atoms with Crippen LogP contribution in [0, 0.1) is 6.92 Å². The van der Waals surface area contributed by atoms with Gasteiger partial charge in [0.05, 0.1) is 4.90 Å². The minimum atomic E-state index is -3.86. The molecular weight excluding hydrogens is 432 g/mol. The minimum absolute atomic E-state index is 0.0638. The standard InChI is InChI=1S/C15H13Cl4NO4S/c1-9-2-4-10(5-3-9)25(22,23)20-8-13-7-6-11(24-13)14(16,17)12(21)15(13,18)19/h2-7,11,20H,8H2,1H3/t11-,13-/m0/s1. The lowest BCUT2D eigenvalue weighted by molar-refractivity contribution is -0.140. The van der Waals surface area contributed by atoms with Crippen molar-refractivity contribution in [3.05, 3.63) is 42.0 Å². The van der Waals surface area contributed by atoms with Gasteiger partial charge in [0.2, 0.25) is 24.5 Å². The van der Waals surface area contributed by atoms with E-state index in [1.807, 2.05) is 6.92 Å². The van der Waals surface area contributed by atoms with Crippen molar-refractivity contribution in [3.8, 4) is 0 Å². The van der Waals surface area contributed by atoms with E-state index in [0.29, 0.717) is 0 Å². The van der Waals surface area contributed by atoms with Gasteiger partial charge in [-0.25, -0.2) is 13.1 Å². The second-order valence-corrected chi connectivity index (χ2v) is 10.4. The van der Waals surface area contributed by atoms with E-state index in [0.717, 1.165) is 5.56 Å². The molecular formula is C15H13Cl4NO4S. The fourth-order valence-electron chi connectivity index (χ4n) is 2.67. The number of halogens is 4. The molecule has 0 radical (unpaired) electrons. The lowest BCUT2D eigenvalue weighted by atomic mass is 9.93. The molecule has 2 aliphatic heterocycles. The first-order valence-electron chi connectivity index (χ1n) is 7.16. The zero-order valence-corrected chi connectivity index (χ0v) is 16.6. The van der Waals surface area contributed by atoms with Gasteiger partial charge < -0.3 is 4.74 Å². The Bertz CT molecular complexity index is 851. The summed E-state index contributed by atoms with van der Waals surface area (Å²) in [5.74, 6) is -0.859. The summed E-state index contributed by atoms with van der Waals surface area (Å²) in [4.78, 5) is 12.5. The zero-order chi connectivity index (χ0) is 18.7. The van der Waals surface area contributed by atoms with Crippen LogP contribution in [0.4, 0.5) is 0 Å². The molecule has 1 aromatic rings. The number of fused-ring (bicyclic) bond motifs is 2. The van der Waals surface area contributed by atoms with Crippen molar-refractivity contribution in [2.75, 3.05) is 6.54 Å². The summed E-state index contributed by atoms with van der Waals surface area (Å²) in [7, 11) is -3.86. The van der Waals surface area contributed by atoms with E-state index in [2.05, 4.69) is 4.72 Å². The van der Waals surface area contributed by atoms with E-state index in [-0.39, 0.29) is 11.4 Å². The van der Waals surface area contributed by atoms with Crippen LogP contribution in [-0.2, 0) is 19.6 Å². The van der Waals surface area contributed by atoms with Gasteiger partial charge in [0.1, 0.15) is 11.7 Å². The number of carbonyl (C=O) groups is 1. The average Bonchev–Trinajstić information content (AvgIpc) is 2.97. The molecule has 2 atom stereocenters. The Morgan fingerprint density at radius 1 is 1.16 bits per heavy atom. The molecule has 1 N–H and O–H groups in total. The molecule has 0 amide bonds. The number of hydrogen-bond acceptors (Lipinski definition) is 4. The van der Waals surface area contributed by atoms with Crippen molar-refractivity contribution >= 4 is 62.2 Å². The van der Waals surface area contributed by atoms with Gasteiger partial charge in [-0.3, -0.25) is 4.79 Å². The van der Waals surface area contributed by atoms with E-state index in [1.165, 1.54) is 24.3 Å². The van der Waals surface area contributed by atoms with Crippen LogP contribution in [0.3, 0.4) is 0 Å². The van der Waals surface area contributed by atoms with Gasteiger partial charge in [-0.2, -0.15) is 0 Å². The Kier molecular flexibility index (Phi) is 4.73. The first kappa shape index (κ1) is 19.4. The molecule has 3 rings (SSSR count). The van der Waals surface area contributed by atoms with Crippen LogP contribution in [0.2, 0.25) is 0 Å². The number of rotatable bonds is 4. The van der Waals surface area contributed by atoms with Gasteiger partial charge in [0.15, 0.2) is 0 Å². The first-order chi connectivity index (χ1) is 11.4. The number of benzene rings is 1. The van der Waals surface area contributed by atoms with Crippen LogP contribution in [0.25, 0.3) is 0 Å². The Balaban J connectivity index is 1.87. The van der Waals surface area contributed by atoms with Crippen molar-refractivity contribution in [3.63, 3.8) is 0 Å². The summed E-state index contributed by atoms with van der Waals surface area (Å²) >= 11 is 24.4. The van der Waals surface area contributed by atoms with Crippen molar-refractivity contribution in [1.29, 1.82) is 0 Å². The second kappa shape index (κ2) is 6.09. The van der Waals surface area contributed by atoms with Crippen LogP contribution in [-0.4, -0.2) is 41.1 Å². The predicted molar refractivity (Wildman–Crippen MR) is 97.0 cm³/mol. The molecule has 2 heterocycles. The highest BCUT2D eigenvalue weighted by Crippen LogP contribution is 2.54. The molecule has 136 valence electrons. The van der Waals surface area contributed by atoms with Gasteiger partial charge in [-0.1, -0.05) is 70.2 Å². The van der Waals surface area contributed by atoms with Gasteiger partial charge in [0, 0.05) is 6.54 Å². The number of carbonyl (C=O) groups excluding carboxylic acids is 1. The van der Waals surface area contributed by atoms with Crippen LogP contribution >= 0.6 is 46.4 Å². The highest BCUT2D eigenvalue weighted by Gasteiger charge is 2.69. The lowest BCUT2D eigenvalue weighted by Gasteiger charge is -2.46. The quantitative estimate of drug-likeness (QED) is 0.572. The summed E-state index contributed by atoms with van der Waals surface area (Å²) in [5, 5.41) is 0. The molecule has 0 spiro atoms. The van der Waals surface area contributed by atoms with Gasteiger partial charge in [-0.05, 0) is 25.1 Å². The smallest absolute Gasteiger partial charge is 0.240 e. The number of sulfonamides is 1. The molecule has 0 saturated carbocycles. The third kappa shape index (κ3) is 3.02. The maximum Gasteiger partial charge on any atom is 0.240 e. The third-order valence-corrected chi connectivity index (χ3v) is 7.38. The van der Waals surface area contributed by atoms with Crippen molar-refractivity contribution in [2.24, 2.45) is 0 Å². The number of aryl methyl sites for hydroxylation is 1. The number of ketones is 1. The van der Waals surface area contributed by atoms with E-state index >= 15 is 0 Å². The lowest BCUT2D eigenvalue weighted by Crippen LogP contribution is -2.66. The van der Waals surface area contributed by atoms with Crippen LogP contribution in [0.1, 0.15) is 5.56 Å². The van der Waals surface area contributed by atoms with Crippen LogP contribution in [0.15, 0.2) is 41.3 Å². The molecule has 1 fully saturated rings. The van der Waals surface area contributed by atoms with E-state index in [4.69, 9.17) is 51.1 Å². The zero-order valence-electron chi connectivity index (χ0n) is 12.8.